The topological polar surface area (TPSA) is 182 Å². The summed E-state index contributed by atoms with van der Waals surface area (Å²) in [5, 5.41) is 43.2. The van der Waals surface area contributed by atoms with Gasteiger partial charge >= 0.3 is 23.9 Å². The summed E-state index contributed by atoms with van der Waals surface area (Å²) in [6.45, 7) is 6.70. The Morgan fingerprint density at radius 3 is 1.74 bits per heavy atom. The van der Waals surface area contributed by atoms with E-state index in [1.165, 1.54) is 11.1 Å². The van der Waals surface area contributed by atoms with Crippen molar-refractivity contribution in [2.75, 3.05) is 19.6 Å². The van der Waals surface area contributed by atoms with Crippen molar-refractivity contribution >= 4 is 23.9 Å². The van der Waals surface area contributed by atoms with Gasteiger partial charge in [0.2, 0.25) is 0 Å². The van der Waals surface area contributed by atoms with E-state index in [2.05, 4.69) is 30.9 Å². The van der Waals surface area contributed by atoms with Crippen LogP contribution in [0.3, 0.4) is 0 Å². The van der Waals surface area contributed by atoms with Gasteiger partial charge in [0.1, 0.15) is 5.75 Å². The Kier molecular flexibility index (Phi) is 13.5. The normalized spacial score (nSPS) is 11.7. The van der Waals surface area contributed by atoms with Crippen molar-refractivity contribution in [3.8, 4) is 5.75 Å². The molecule has 2 aromatic rings. The van der Waals surface area contributed by atoms with Gasteiger partial charge in [-0.3, -0.25) is 9.59 Å². The van der Waals surface area contributed by atoms with E-state index in [-0.39, 0.29) is 0 Å². The molecular weight excluding hydrogens is 498 g/mol. The minimum Gasteiger partial charge on any atom is -0.481 e. The van der Waals surface area contributed by atoms with Gasteiger partial charge < -0.3 is 35.2 Å². The molecule has 1 atom stereocenters. The van der Waals surface area contributed by atoms with Gasteiger partial charge in [0.25, 0.3) is 0 Å². The maximum Gasteiger partial charge on any atom is 0.344 e. The molecule has 0 amide bonds. The van der Waals surface area contributed by atoms with E-state index in [0.29, 0.717) is 12.2 Å². The molecule has 11 heteroatoms. The Hall–Kier alpha value is -3.96. The fourth-order valence-corrected chi connectivity index (χ4v) is 3.47. The lowest BCUT2D eigenvalue weighted by Crippen LogP contribution is -2.42. The van der Waals surface area contributed by atoms with E-state index in [1.807, 2.05) is 42.5 Å². The van der Waals surface area contributed by atoms with Crippen LogP contribution in [0.2, 0.25) is 0 Å². The predicted octanol–water partition coefficient (Wildman–Crippen LogP) is 2.59. The van der Waals surface area contributed by atoms with Crippen molar-refractivity contribution in [2.24, 2.45) is 0 Å². The van der Waals surface area contributed by atoms with Crippen LogP contribution >= 0.6 is 0 Å². The van der Waals surface area contributed by atoms with Gasteiger partial charge in [-0.15, -0.1) is 0 Å². The summed E-state index contributed by atoms with van der Waals surface area (Å²) in [6, 6.07) is 17.9. The number of hydrogen-bond acceptors (Lipinski definition) is 7. The lowest BCUT2D eigenvalue weighted by molar-refractivity contribution is -0.170. The molecule has 0 aliphatic rings. The highest BCUT2D eigenvalue weighted by Crippen LogP contribution is 2.18. The number of carboxylic acid groups (broad SMARTS) is 4. The zero-order chi connectivity index (χ0) is 28.7. The second-order valence-electron chi connectivity index (χ2n) is 8.54. The molecule has 0 bridgehead atoms. The fraction of sp³-hybridized carbons (Fsp3) is 0.407. The van der Waals surface area contributed by atoms with Crippen molar-refractivity contribution in [1.29, 1.82) is 0 Å². The number of rotatable bonds is 15. The van der Waals surface area contributed by atoms with Gasteiger partial charge in [0.15, 0.2) is 11.7 Å². The summed E-state index contributed by atoms with van der Waals surface area (Å²) in [7, 11) is 0. The van der Waals surface area contributed by atoms with Crippen molar-refractivity contribution in [3.63, 3.8) is 0 Å². The Morgan fingerprint density at radius 1 is 0.816 bits per heavy atom. The second-order valence-corrected chi connectivity index (χ2v) is 8.54. The fourth-order valence-electron chi connectivity index (χ4n) is 3.47. The molecule has 0 aliphatic carbocycles. The van der Waals surface area contributed by atoms with Crippen LogP contribution < -0.4 is 4.74 Å². The van der Waals surface area contributed by atoms with Gasteiger partial charge in [-0.05, 0) is 42.8 Å². The smallest absolute Gasteiger partial charge is 0.344 e. The number of carbonyl (C=O) groups is 4. The quantitative estimate of drug-likeness (QED) is 0.227. The number of benzene rings is 2. The molecule has 1 unspecified atom stereocenters. The third-order valence-corrected chi connectivity index (χ3v) is 5.62. The molecule has 0 fully saturated rings. The largest absolute Gasteiger partial charge is 0.481 e. The van der Waals surface area contributed by atoms with E-state index in [1.54, 1.807) is 0 Å². The molecule has 0 aliphatic heterocycles. The molecule has 5 N–H and O–H groups in total. The Labute approximate surface area is 220 Å². The van der Waals surface area contributed by atoms with E-state index >= 15 is 0 Å². The maximum absolute atomic E-state index is 11.5. The van der Waals surface area contributed by atoms with Gasteiger partial charge in [-0.25, -0.2) is 9.59 Å². The molecule has 0 spiro atoms. The summed E-state index contributed by atoms with van der Waals surface area (Å²) >= 11 is 0. The SMILES string of the molecule is CCN(CC)CCC(Oc1ccc(Cc2ccccc2)cc1)C(=O)O.O=C(O)CC(O)(CC(=O)O)C(=O)O. The Balaban J connectivity index is 0.000000471. The maximum atomic E-state index is 11.5. The van der Waals surface area contributed by atoms with E-state index in [4.69, 9.17) is 25.2 Å². The predicted molar refractivity (Wildman–Crippen MR) is 137 cm³/mol. The Morgan fingerprint density at radius 2 is 1.32 bits per heavy atom. The first-order valence-electron chi connectivity index (χ1n) is 12.0. The summed E-state index contributed by atoms with van der Waals surface area (Å²) in [5.74, 6) is -5.33. The summed E-state index contributed by atoms with van der Waals surface area (Å²) < 4.78 is 5.69. The van der Waals surface area contributed by atoms with Crippen molar-refractivity contribution in [2.45, 2.75) is 51.2 Å². The van der Waals surface area contributed by atoms with Crippen LogP contribution in [0.4, 0.5) is 0 Å². The summed E-state index contributed by atoms with van der Waals surface area (Å²) in [6.07, 6.45) is -1.78. The number of carboxylic acids is 4. The number of nitrogens with zero attached hydrogens (tertiary/aromatic N) is 1. The Bertz CT molecular complexity index is 1020. The van der Waals surface area contributed by atoms with Gasteiger partial charge in [-0.2, -0.15) is 0 Å². The molecular formula is C27H35NO10. The van der Waals surface area contributed by atoms with E-state index < -0.39 is 48.4 Å². The van der Waals surface area contributed by atoms with Crippen LogP contribution in [0.25, 0.3) is 0 Å². The van der Waals surface area contributed by atoms with Crippen molar-refractivity contribution < 1.29 is 49.4 Å². The second kappa shape index (κ2) is 16.0. The average molecular weight is 534 g/mol. The molecule has 0 radical (unpaired) electrons. The van der Waals surface area contributed by atoms with E-state index in [0.717, 1.165) is 26.1 Å². The number of aliphatic hydroxyl groups is 1. The zero-order valence-corrected chi connectivity index (χ0v) is 21.4. The lowest BCUT2D eigenvalue weighted by atomic mass is 9.96. The molecule has 0 heterocycles. The highest BCUT2D eigenvalue weighted by atomic mass is 16.5. The first kappa shape index (κ1) is 32.1. The molecule has 11 nitrogen and oxygen atoms in total. The lowest BCUT2D eigenvalue weighted by Gasteiger charge is -2.21. The zero-order valence-electron chi connectivity index (χ0n) is 21.4. The highest BCUT2D eigenvalue weighted by molar-refractivity contribution is 5.88. The molecule has 208 valence electrons. The van der Waals surface area contributed by atoms with Gasteiger partial charge in [0.05, 0.1) is 12.8 Å². The first-order chi connectivity index (χ1) is 17.9. The molecule has 2 rings (SSSR count). The number of aliphatic carboxylic acids is 4. The summed E-state index contributed by atoms with van der Waals surface area (Å²) in [5.41, 5.74) is -0.315. The average Bonchev–Trinajstić information content (AvgIpc) is 2.85. The van der Waals surface area contributed by atoms with Crippen LogP contribution in [-0.2, 0) is 25.6 Å². The van der Waals surface area contributed by atoms with Crippen LogP contribution in [0.15, 0.2) is 54.6 Å². The molecule has 38 heavy (non-hydrogen) atoms. The van der Waals surface area contributed by atoms with Crippen LogP contribution in [-0.4, -0.2) is 85.6 Å². The standard InChI is InChI=1S/C21H27NO3.C6H8O7/c1-3-22(4-2)15-14-20(21(23)24)25-19-12-10-18(11-13-19)16-17-8-6-5-7-9-17;7-3(8)1-6(13,5(11)12)2-4(9)10/h5-13,20H,3-4,14-16H2,1-2H3,(H,23,24);13H,1-2H2,(H,7,8)(H,9,10)(H,11,12). The summed E-state index contributed by atoms with van der Waals surface area (Å²) in [4.78, 5) is 44.1. The third-order valence-electron chi connectivity index (χ3n) is 5.62. The van der Waals surface area contributed by atoms with Crippen LogP contribution in [0.5, 0.6) is 5.75 Å². The van der Waals surface area contributed by atoms with Crippen molar-refractivity contribution in [3.05, 3.63) is 65.7 Å². The highest BCUT2D eigenvalue weighted by Gasteiger charge is 2.40. The number of ether oxygens (including phenoxy) is 1. The molecule has 2 aromatic carbocycles. The monoisotopic (exact) mass is 533 g/mol. The molecule has 0 saturated heterocycles. The van der Waals surface area contributed by atoms with Crippen LogP contribution in [0, 0.1) is 0 Å². The van der Waals surface area contributed by atoms with E-state index in [9.17, 15) is 24.3 Å². The van der Waals surface area contributed by atoms with Crippen molar-refractivity contribution in [1.82, 2.24) is 4.90 Å². The van der Waals surface area contributed by atoms with Gasteiger partial charge in [0, 0.05) is 13.0 Å². The minimum atomic E-state index is -2.74. The minimum absolute atomic E-state index is 0.475. The number of hydrogen-bond donors (Lipinski definition) is 5. The first-order valence-corrected chi connectivity index (χ1v) is 12.0. The third kappa shape index (κ3) is 11.8. The molecule has 0 saturated carbocycles. The van der Waals surface area contributed by atoms with Crippen LogP contribution in [0.1, 0.15) is 44.2 Å². The molecule has 0 aromatic heterocycles. The van der Waals surface area contributed by atoms with Gasteiger partial charge in [-0.1, -0.05) is 56.3 Å².